The monoisotopic (exact) mass is 252 g/mol. The van der Waals surface area contributed by atoms with Crippen LogP contribution in [0.3, 0.4) is 0 Å². The average molecular weight is 252 g/mol. The number of rotatable bonds is 6. The van der Waals surface area contributed by atoms with Gasteiger partial charge in [-0.15, -0.1) is 0 Å². The van der Waals surface area contributed by atoms with Crippen molar-refractivity contribution in [1.82, 2.24) is 5.32 Å². The molecule has 0 fully saturated rings. The Hall–Kier alpha value is -2.31. The highest BCUT2D eigenvalue weighted by atomic mass is 16.5. The maximum Gasteiger partial charge on any atom is 0.119 e. The van der Waals surface area contributed by atoms with Gasteiger partial charge in [-0.25, -0.2) is 0 Å². The molecule has 0 heterocycles. The van der Waals surface area contributed by atoms with E-state index in [4.69, 9.17) is 10.00 Å². The summed E-state index contributed by atoms with van der Waals surface area (Å²) < 4.78 is 5.57. The fourth-order valence-electron chi connectivity index (χ4n) is 1.70. The Kier molecular flexibility index (Phi) is 4.97. The summed E-state index contributed by atoms with van der Waals surface area (Å²) in [5, 5.41) is 12.0. The first-order valence-electron chi connectivity index (χ1n) is 6.26. The largest absolute Gasteiger partial charge is 0.492 e. The molecule has 0 aliphatic heterocycles. The van der Waals surface area contributed by atoms with E-state index >= 15 is 0 Å². The van der Waals surface area contributed by atoms with Crippen LogP contribution < -0.4 is 10.1 Å². The molecule has 0 bridgehead atoms. The molecule has 0 amide bonds. The zero-order valence-corrected chi connectivity index (χ0v) is 10.7. The van der Waals surface area contributed by atoms with Gasteiger partial charge in [0.25, 0.3) is 0 Å². The fourth-order valence-corrected chi connectivity index (χ4v) is 1.70. The Bertz CT molecular complexity index is 529. The molecule has 2 aromatic carbocycles. The van der Waals surface area contributed by atoms with Crippen LogP contribution >= 0.6 is 0 Å². The quantitative estimate of drug-likeness (QED) is 0.804. The van der Waals surface area contributed by atoms with E-state index in [1.54, 1.807) is 12.1 Å². The van der Waals surface area contributed by atoms with E-state index in [1.807, 2.05) is 30.3 Å². The topological polar surface area (TPSA) is 45.0 Å². The average Bonchev–Trinajstić information content (AvgIpc) is 2.49. The van der Waals surface area contributed by atoms with Crippen molar-refractivity contribution < 1.29 is 4.74 Å². The summed E-state index contributed by atoms with van der Waals surface area (Å²) in [6.07, 6.45) is 0. The van der Waals surface area contributed by atoms with Crippen molar-refractivity contribution in [3.05, 3.63) is 65.7 Å². The molecule has 0 radical (unpaired) electrons. The van der Waals surface area contributed by atoms with Gasteiger partial charge in [-0.05, 0) is 29.8 Å². The van der Waals surface area contributed by atoms with Crippen LogP contribution in [-0.2, 0) is 6.54 Å². The number of hydrogen-bond donors (Lipinski definition) is 1. The van der Waals surface area contributed by atoms with Gasteiger partial charge in [-0.1, -0.05) is 30.3 Å². The number of nitrogens with zero attached hydrogens (tertiary/aromatic N) is 1. The fraction of sp³-hybridized carbons (Fsp3) is 0.188. The number of hydrogen-bond acceptors (Lipinski definition) is 3. The molecule has 1 N–H and O–H groups in total. The number of benzene rings is 2. The second kappa shape index (κ2) is 7.20. The first kappa shape index (κ1) is 13.1. The molecule has 0 aromatic heterocycles. The van der Waals surface area contributed by atoms with Gasteiger partial charge in [-0.2, -0.15) is 5.26 Å². The lowest BCUT2D eigenvalue weighted by molar-refractivity contribution is 0.313. The Morgan fingerprint density at radius 2 is 1.74 bits per heavy atom. The summed E-state index contributed by atoms with van der Waals surface area (Å²) in [6, 6.07) is 19.5. The highest BCUT2D eigenvalue weighted by molar-refractivity contribution is 5.34. The standard InChI is InChI=1S/C16H16N2O/c17-12-14-6-8-16(9-7-14)19-11-10-18-13-15-4-2-1-3-5-15/h1-9,18H,10-11,13H2. The van der Waals surface area contributed by atoms with Gasteiger partial charge >= 0.3 is 0 Å². The minimum absolute atomic E-state index is 0.610. The summed E-state index contributed by atoms with van der Waals surface area (Å²) in [5.41, 5.74) is 1.91. The molecule has 0 atom stereocenters. The van der Waals surface area contributed by atoms with Crippen molar-refractivity contribution in [2.24, 2.45) is 0 Å². The zero-order valence-electron chi connectivity index (χ0n) is 10.7. The molecule has 0 saturated heterocycles. The third-order valence-corrected chi connectivity index (χ3v) is 2.70. The molecule has 2 aromatic rings. The van der Waals surface area contributed by atoms with E-state index in [0.717, 1.165) is 18.8 Å². The lowest BCUT2D eigenvalue weighted by atomic mass is 10.2. The molecule has 3 heteroatoms. The summed E-state index contributed by atoms with van der Waals surface area (Å²) in [4.78, 5) is 0. The highest BCUT2D eigenvalue weighted by Gasteiger charge is 1.95. The molecule has 96 valence electrons. The van der Waals surface area contributed by atoms with Crippen LogP contribution in [0.4, 0.5) is 0 Å². The third-order valence-electron chi connectivity index (χ3n) is 2.70. The Morgan fingerprint density at radius 1 is 1.00 bits per heavy atom. The summed E-state index contributed by atoms with van der Waals surface area (Å²) in [7, 11) is 0. The summed E-state index contributed by atoms with van der Waals surface area (Å²) >= 11 is 0. The molecule has 0 spiro atoms. The van der Waals surface area contributed by atoms with E-state index in [-0.39, 0.29) is 0 Å². The first-order chi connectivity index (χ1) is 9.38. The maximum atomic E-state index is 8.68. The van der Waals surface area contributed by atoms with E-state index < -0.39 is 0 Å². The predicted molar refractivity (Wildman–Crippen MR) is 74.8 cm³/mol. The first-order valence-corrected chi connectivity index (χ1v) is 6.26. The molecule has 0 aliphatic rings. The van der Waals surface area contributed by atoms with Crippen LogP contribution in [-0.4, -0.2) is 13.2 Å². The Morgan fingerprint density at radius 3 is 2.42 bits per heavy atom. The lowest BCUT2D eigenvalue weighted by Crippen LogP contribution is -2.20. The minimum Gasteiger partial charge on any atom is -0.492 e. The second-order valence-electron chi connectivity index (χ2n) is 4.15. The van der Waals surface area contributed by atoms with Gasteiger partial charge < -0.3 is 10.1 Å². The van der Waals surface area contributed by atoms with Crippen molar-refractivity contribution in [3.63, 3.8) is 0 Å². The predicted octanol–water partition coefficient (Wildman–Crippen LogP) is 2.73. The van der Waals surface area contributed by atoms with E-state index in [2.05, 4.69) is 23.5 Å². The van der Waals surface area contributed by atoms with Crippen molar-refractivity contribution in [1.29, 1.82) is 5.26 Å². The molecule has 19 heavy (non-hydrogen) atoms. The van der Waals surface area contributed by atoms with Crippen LogP contribution in [0.1, 0.15) is 11.1 Å². The number of ether oxygens (including phenoxy) is 1. The molecule has 2 rings (SSSR count). The van der Waals surface area contributed by atoms with Gasteiger partial charge in [0, 0.05) is 13.1 Å². The maximum absolute atomic E-state index is 8.68. The van der Waals surface area contributed by atoms with Gasteiger partial charge in [0.15, 0.2) is 0 Å². The van der Waals surface area contributed by atoms with Gasteiger partial charge in [0.1, 0.15) is 12.4 Å². The Balaban J connectivity index is 1.65. The second-order valence-corrected chi connectivity index (χ2v) is 4.15. The smallest absolute Gasteiger partial charge is 0.119 e. The van der Waals surface area contributed by atoms with E-state index in [9.17, 15) is 0 Å². The molecule has 0 unspecified atom stereocenters. The summed E-state index contributed by atoms with van der Waals surface area (Å²) in [6.45, 7) is 2.24. The van der Waals surface area contributed by atoms with Crippen molar-refractivity contribution in [3.8, 4) is 11.8 Å². The van der Waals surface area contributed by atoms with Gasteiger partial charge in [-0.3, -0.25) is 0 Å². The van der Waals surface area contributed by atoms with Crippen LogP contribution in [0.5, 0.6) is 5.75 Å². The molecule has 3 nitrogen and oxygen atoms in total. The van der Waals surface area contributed by atoms with Crippen LogP contribution in [0.2, 0.25) is 0 Å². The number of nitriles is 1. The Labute approximate surface area is 113 Å². The zero-order chi connectivity index (χ0) is 13.3. The minimum atomic E-state index is 0.610. The number of nitrogens with one attached hydrogen (secondary N) is 1. The lowest BCUT2D eigenvalue weighted by Gasteiger charge is -2.07. The molecule has 0 aliphatic carbocycles. The normalized spacial score (nSPS) is 9.84. The molecular formula is C16H16N2O. The third kappa shape index (κ3) is 4.46. The van der Waals surface area contributed by atoms with Crippen LogP contribution in [0.15, 0.2) is 54.6 Å². The van der Waals surface area contributed by atoms with Crippen molar-refractivity contribution in [2.45, 2.75) is 6.54 Å². The summed E-state index contributed by atoms with van der Waals surface area (Å²) in [5.74, 6) is 0.792. The van der Waals surface area contributed by atoms with Gasteiger partial charge in [0.2, 0.25) is 0 Å². The van der Waals surface area contributed by atoms with Crippen molar-refractivity contribution in [2.75, 3.05) is 13.2 Å². The molecular weight excluding hydrogens is 236 g/mol. The van der Waals surface area contributed by atoms with Crippen LogP contribution in [0, 0.1) is 11.3 Å². The molecule has 0 saturated carbocycles. The van der Waals surface area contributed by atoms with Crippen molar-refractivity contribution >= 4 is 0 Å². The highest BCUT2D eigenvalue weighted by Crippen LogP contribution is 2.10. The van der Waals surface area contributed by atoms with Gasteiger partial charge in [0.05, 0.1) is 11.6 Å². The van der Waals surface area contributed by atoms with E-state index in [1.165, 1.54) is 5.56 Å². The SMILES string of the molecule is N#Cc1ccc(OCCNCc2ccccc2)cc1. The van der Waals surface area contributed by atoms with Crippen LogP contribution in [0.25, 0.3) is 0 Å². The van der Waals surface area contributed by atoms with E-state index in [0.29, 0.717) is 12.2 Å².